The van der Waals surface area contributed by atoms with Gasteiger partial charge in [0.25, 0.3) is 5.91 Å². The smallest absolute Gasteiger partial charge is 0.271 e. The average molecular weight is 241 g/mol. The largest absolute Gasteiger partial charge is 0.465 e. The van der Waals surface area contributed by atoms with E-state index in [9.17, 15) is 4.79 Å². The number of carbonyl (C=O) groups excluding carboxylic acids is 1. The van der Waals surface area contributed by atoms with Gasteiger partial charge in [-0.3, -0.25) is 9.78 Å². The number of pyridine rings is 1. The van der Waals surface area contributed by atoms with Crippen molar-refractivity contribution in [2.45, 2.75) is 0 Å². The molecule has 5 nitrogen and oxygen atoms in total. The van der Waals surface area contributed by atoms with E-state index in [4.69, 9.17) is 4.42 Å². The Labute approximate surface area is 104 Å². The Balaban J connectivity index is 1.83. The highest BCUT2D eigenvalue weighted by atomic mass is 16.3. The van der Waals surface area contributed by atoms with Crippen molar-refractivity contribution in [1.82, 2.24) is 10.4 Å². The molecule has 0 aromatic carbocycles. The number of nitrogens with zero attached hydrogens (tertiary/aromatic N) is 2. The molecule has 0 aliphatic carbocycles. The first-order valence-corrected chi connectivity index (χ1v) is 5.30. The van der Waals surface area contributed by atoms with Crippen LogP contribution >= 0.6 is 0 Å². The molecule has 0 saturated heterocycles. The van der Waals surface area contributed by atoms with Crippen molar-refractivity contribution < 1.29 is 9.21 Å². The topological polar surface area (TPSA) is 67.5 Å². The molecule has 0 unspecified atom stereocenters. The highest BCUT2D eigenvalue weighted by molar-refractivity contribution is 5.94. The first-order valence-electron chi connectivity index (χ1n) is 5.30. The van der Waals surface area contributed by atoms with Gasteiger partial charge in [0.05, 0.1) is 6.26 Å². The molecular weight excluding hydrogens is 230 g/mol. The van der Waals surface area contributed by atoms with E-state index >= 15 is 0 Å². The molecule has 2 aromatic heterocycles. The molecule has 0 aliphatic rings. The fraction of sp³-hybridized carbons (Fsp3) is 0. The van der Waals surface area contributed by atoms with E-state index in [0.717, 1.165) is 5.76 Å². The first-order chi connectivity index (χ1) is 8.86. The Bertz CT molecular complexity index is 545. The number of furan rings is 1. The molecule has 1 amide bonds. The molecule has 0 radical (unpaired) electrons. The molecular formula is C13H11N3O2. The normalized spacial score (nSPS) is 11.1. The zero-order chi connectivity index (χ0) is 12.6. The van der Waals surface area contributed by atoms with Crippen molar-refractivity contribution in [3.63, 3.8) is 0 Å². The quantitative estimate of drug-likeness (QED) is 0.658. The number of aromatic nitrogens is 1. The van der Waals surface area contributed by atoms with Crippen molar-refractivity contribution in [2.75, 3.05) is 0 Å². The van der Waals surface area contributed by atoms with Crippen molar-refractivity contribution in [2.24, 2.45) is 5.10 Å². The van der Waals surface area contributed by atoms with Crippen LogP contribution in [-0.2, 0) is 0 Å². The number of amides is 1. The third-order valence-corrected chi connectivity index (χ3v) is 2.07. The van der Waals surface area contributed by atoms with E-state index in [-0.39, 0.29) is 5.91 Å². The second-order valence-electron chi connectivity index (χ2n) is 3.33. The summed E-state index contributed by atoms with van der Waals surface area (Å²) in [4.78, 5) is 15.4. The lowest BCUT2D eigenvalue weighted by Crippen LogP contribution is -2.17. The van der Waals surface area contributed by atoms with Gasteiger partial charge < -0.3 is 4.42 Å². The molecule has 2 aromatic rings. The third-order valence-electron chi connectivity index (χ3n) is 2.07. The van der Waals surface area contributed by atoms with Crippen LogP contribution in [0.25, 0.3) is 6.08 Å². The second kappa shape index (κ2) is 6.15. The maximum atomic E-state index is 11.5. The molecule has 5 heteroatoms. The lowest BCUT2D eigenvalue weighted by Gasteiger charge is -1.96. The number of hydrazone groups is 1. The lowest BCUT2D eigenvalue weighted by molar-refractivity contribution is 0.0955. The summed E-state index contributed by atoms with van der Waals surface area (Å²) in [6, 6.07) is 6.84. The average Bonchev–Trinajstić information content (AvgIpc) is 2.92. The summed E-state index contributed by atoms with van der Waals surface area (Å²) in [5.41, 5.74) is 2.91. The SMILES string of the molecule is O=C(N/N=C/C=C\c1ccco1)c1ccncc1. The second-order valence-corrected chi connectivity index (χ2v) is 3.33. The van der Waals surface area contributed by atoms with Gasteiger partial charge in [0.2, 0.25) is 0 Å². The maximum Gasteiger partial charge on any atom is 0.271 e. The summed E-state index contributed by atoms with van der Waals surface area (Å²) < 4.78 is 5.09. The van der Waals surface area contributed by atoms with Crippen molar-refractivity contribution in [3.8, 4) is 0 Å². The van der Waals surface area contributed by atoms with E-state index in [1.807, 2.05) is 6.07 Å². The summed E-state index contributed by atoms with van der Waals surface area (Å²) in [5, 5.41) is 3.77. The first kappa shape index (κ1) is 11.8. The van der Waals surface area contributed by atoms with Gasteiger partial charge in [-0.25, -0.2) is 5.43 Å². The Hall–Kier alpha value is -2.69. The molecule has 0 bridgehead atoms. The van der Waals surface area contributed by atoms with E-state index < -0.39 is 0 Å². The number of hydrogen-bond donors (Lipinski definition) is 1. The van der Waals surface area contributed by atoms with Crippen molar-refractivity contribution in [1.29, 1.82) is 0 Å². The summed E-state index contributed by atoms with van der Waals surface area (Å²) in [5.74, 6) is 0.446. The van der Waals surface area contributed by atoms with E-state index in [0.29, 0.717) is 5.56 Å². The summed E-state index contributed by atoms with van der Waals surface area (Å²) in [6.45, 7) is 0. The Morgan fingerprint density at radius 1 is 1.33 bits per heavy atom. The number of rotatable bonds is 4. The molecule has 0 saturated carbocycles. The van der Waals surface area contributed by atoms with Crippen LogP contribution in [0.3, 0.4) is 0 Å². The fourth-order valence-corrected chi connectivity index (χ4v) is 1.23. The summed E-state index contributed by atoms with van der Waals surface area (Å²) in [6.07, 6.45) is 9.57. The minimum atomic E-state index is -0.278. The van der Waals surface area contributed by atoms with E-state index in [2.05, 4.69) is 15.5 Å². The molecule has 1 N–H and O–H groups in total. The van der Waals surface area contributed by atoms with Gasteiger partial charge in [-0.15, -0.1) is 0 Å². The predicted molar refractivity (Wildman–Crippen MR) is 67.9 cm³/mol. The zero-order valence-electron chi connectivity index (χ0n) is 9.48. The Morgan fingerprint density at radius 2 is 2.17 bits per heavy atom. The van der Waals surface area contributed by atoms with E-state index in [1.165, 1.54) is 6.21 Å². The Morgan fingerprint density at radius 3 is 2.89 bits per heavy atom. The highest BCUT2D eigenvalue weighted by Crippen LogP contribution is 2.01. The Kier molecular flexibility index (Phi) is 4.02. The van der Waals surface area contributed by atoms with Crippen LogP contribution in [-0.4, -0.2) is 17.1 Å². The predicted octanol–water partition coefficient (Wildman–Crippen LogP) is 2.10. The zero-order valence-corrected chi connectivity index (χ0v) is 9.48. The molecule has 0 atom stereocenters. The minimum Gasteiger partial charge on any atom is -0.465 e. The molecule has 18 heavy (non-hydrogen) atoms. The van der Waals surface area contributed by atoms with Crippen LogP contribution in [0.15, 0.2) is 58.5 Å². The molecule has 0 aliphatic heterocycles. The van der Waals surface area contributed by atoms with Crippen molar-refractivity contribution in [3.05, 3.63) is 60.3 Å². The van der Waals surface area contributed by atoms with Gasteiger partial charge >= 0.3 is 0 Å². The number of carbonyl (C=O) groups is 1. The summed E-state index contributed by atoms with van der Waals surface area (Å²) >= 11 is 0. The number of hydrogen-bond acceptors (Lipinski definition) is 4. The summed E-state index contributed by atoms with van der Waals surface area (Å²) in [7, 11) is 0. The van der Waals surface area contributed by atoms with Crippen LogP contribution in [0.2, 0.25) is 0 Å². The van der Waals surface area contributed by atoms with Gasteiger partial charge in [-0.05, 0) is 36.4 Å². The fourth-order valence-electron chi connectivity index (χ4n) is 1.23. The monoisotopic (exact) mass is 241 g/mol. The van der Waals surface area contributed by atoms with Crippen LogP contribution in [0, 0.1) is 0 Å². The highest BCUT2D eigenvalue weighted by Gasteiger charge is 2.01. The maximum absolute atomic E-state index is 11.5. The molecule has 90 valence electrons. The van der Waals surface area contributed by atoms with Crippen LogP contribution in [0.5, 0.6) is 0 Å². The van der Waals surface area contributed by atoms with Crippen LogP contribution < -0.4 is 5.43 Å². The van der Waals surface area contributed by atoms with Gasteiger partial charge in [-0.2, -0.15) is 5.10 Å². The van der Waals surface area contributed by atoms with Crippen molar-refractivity contribution >= 4 is 18.2 Å². The van der Waals surface area contributed by atoms with Gasteiger partial charge in [0, 0.05) is 24.2 Å². The third kappa shape index (κ3) is 3.41. The van der Waals surface area contributed by atoms with Gasteiger partial charge in [-0.1, -0.05) is 0 Å². The minimum absolute atomic E-state index is 0.278. The van der Waals surface area contributed by atoms with E-state index in [1.54, 1.807) is 49.0 Å². The number of nitrogens with one attached hydrogen (secondary N) is 1. The van der Waals surface area contributed by atoms with Gasteiger partial charge in [0.15, 0.2) is 0 Å². The van der Waals surface area contributed by atoms with Crippen LogP contribution in [0.1, 0.15) is 16.1 Å². The lowest BCUT2D eigenvalue weighted by atomic mass is 10.3. The molecule has 0 spiro atoms. The number of allylic oxidation sites excluding steroid dienone is 1. The molecule has 0 fully saturated rings. The standard InChI is InChI=1S/C13H11N3O2/c17-13(11-5-8-14-9-6-11)16-15-7-1-3-12-4-2-10-18-12/h1-10H,(H,16,17)/b3-1-,15-7+. The van der Waals surface area contributed by atoms with Gasteiger partial charge in [0.1, 0.15) is 5.76 Å². The molecule has 2 heterocycles. The van der Waals surface area contributed by atoms with Crippen LogP contribution in [0.4, 0.5) is 0 Å². The molecule has 2 rings (SSSR count).